The molecule has 0 saturated heterocycles. The van der Waals surface area contributed by atoms with Crippen molar-refractivity contribution in [1.82, 2.24) is 9.78 Å². The SMILES string of the molecule is COC(=O)C(=Cc1cn(-c2ccccc2)nc1-c1ccc(Br)cc1)C(C)=O. The fourth-order valence-electron chi connectivity index (χ4n) is 2.61. The van der Waals surface area contributed by atoms with Crippen molar-refractivity contribution >= 4 is 33.8 Å². The molecule has 136 valence electrons. The fourth-order valence-corrected chi connectivity index (χ4v) is 2.87. The number of carbonyl (C=O) groups is 2. The zero-order valence-electron chi connectivity index (χ0n) is 14.8. The maximum Gasteiger partial charge on any atom is 0.341 e. The first-order valence-electron chi connectivity index (χ1n) is 8.21. The van der Waals surface area contributed by atoms with Gasteiger partial charge in [0, 0.05) is 21.8 Å². The quantitative estimate of drug-likeness (QED) is 0.262. The molecule has 0 aliphatic heterocycles. The lowest BCUT2D eigenvalue weighted by Crippen LogP contribution is -2.11. The van der Waals surface area contributed by atoms with Crippen molar-refractivity contribution in [3.05, 3.63) is 76.4 Å². The van der Waals surface area contributed by atoms with Crippen molar-refractivity contribution in [2.75, 3.05) is 7.11 Å². The molecule has 27 heavy (non-hydrogen) atoms. The van der Waals surface area contributed by atoms with Crippen LogP contribution in [0, 0.1) is 0 Å². The number of para-hydroxylation sites is 1. The van der Waals surface area contributed by atoms with Gasteiger partial charge >= 0.3 is 5.97 Å². The summed E-state index contributed by atoms with van der Waals surface area (Å²) in [5.41, 5.74) is 3.03. The predicted octanol–water partition coefficient (Wildman–Crippen LogP) is 4.45. The summed E-state index contributed by atoms with van der Waals surface area (Å²) in [6.45, 7) is 1.34. The number of benzene rings is 2. The van der Waals surface area contributed by atoms with E-state index in [4.69, 9.17) is 4.74 Å². The molecule has 0 aliphatic rings. The molecule has 0 fully saturated rings. The van der Waals surface area contributed by atoms with Gasteiger partial charge in [-0.05, 0) is 37.3 Å². The lowest BCUT2D eigenvalue weighted by atomic mass is 10.0. The first kappa shape index (κ1) is 18.8. The third kappa shape index (κ3) is 4.23. The van der Waals surface area contributed by atoms with Gasteiger partial charge in [0.05, 0.1) is 18.5 Å². The van der Waals surface area contributed by atoms with Crippen molar-refractivity contribution < 1.29 is 14.3 Å². The number of rotatable bonds is 5. The summed E-state index contributed by atoms with van der Waals surface area (Å²) >= 11 is 3.42. The Balaban J connectivity index is 2.18. The monoisotopic (exact) mass is 424 g/mol. The van der Waals surface area contributed by atoms with E-state index in [1.165, 1.54) is 20.1 Å². The third-order valence-electron chi connectivity index (χ3n) is 3.97. The van der Waals surface area contributed by atoms with Gasteiger partial charge in [0.2, 0.25) is 0 Å². The van der Waals surface area contributed by atoms with Crippen molar-refractivity contribution in [2.24, 2.45) is 0 Å². The van der Waals surface area contributed by atoms with Crippen LogP contribution in [0.2, 0.25) is 0 Å². The smallest absolute Gasteiger partial charge is 0.341 e. The van der Waals surface area contributed by atoms with E-state index < -0.39 is 5.97 Å². The summed E-state index contributed by atoms with van der Waals surface area (Å²) in [7, 11) is 1.25. The Labute approximate surface area is 165 Å². The molecule has 1 aromatic heterocycles. The van der Waals surface area contributed by atoms with Crippen LogP contribution in [0.25, 0.3) is 23.0 Å². The van der Waals surface area contributed by atoms with Crippen LogP contribution < -0.4 is 0 Å². The minimum atomic E-state index is -0.670. The predicted molar refractivity (Wildman–Crippen MR) is 107 cm³/mol. The van der Waals surface area contributed by atoms with Crippen molar-refractivity contribution in [1.29, 1.82) is 0 Å². The van der Waals surface area contributed by atoms with Gasteiger partial charge in [-0.2, -0.15) is 5.10 Å². The van der Waals surface area contributed by atoms with Gasteiger partial charge in [-0.1, -0.05) is 46.3 Å². The molecule has 1 heterocycles. The lowest BCUT2D eigenvalue weighted by molar-refractivity contribution is -0.137. The zero-order valence-corrected chi connectivity index (χ0v) is 16.4. The van der Waals surface area contributed by atoms with E-state index in [-0.39, 0.29) is 11.4 Å². The van der Waals surface area contributed by atoms with Gasteiger partial charge in [-0.25, -0.2) is 9.48 Å². The van der Waals surface area contributed by atoms with Crippen molar-refractivity contribution in [2.45, 2.75) is 6.92 Å². The Bertz CT molecular complexity index is 1010. The Morgan fingerprint density at radius 1 is 1.07 bits per heavy atom. The van der Waals surface area contributed by atoms with E-state index in [0.717, 1.165) is 15.7 Å². The van der Waals surface area contributed by atoms with Gasteiger partial charge in [0.1, 0.15) is 5.57 Å². The van der Waals surface area contributed by atoms with E-state index in [1.807, 2.05) is 54.6 Å². The molecule has 0 atom stereocenters. The van der Waals surface area contributed by atoms with Crippen LogP contribution in [0.1, 0.15) is 12.5 Å². The highest BCUT2D eigenvalue weighted by molar-refractivity contribution is 9.10. The van der Waals surface area contributed by atoms with E-state index in [9.17, 15) is 9.59 Å². The molecule has 0 aliphatic carbocycles. The highest BCUT2D eigenvalue weighted by atomic mass is 79.9. The van der Waals surface area contributed by atoms with E-state index in [2.05, 4.69) is 21.0 Å². The number of ketones is 1. The molecule has 0 amide bonds. The molecular formula is C21H17BrN2O3. The van der Waals surface area contributed by atoms with E-state index in [1.54, 1.807) is 10.9 Å². The lowest BCUT2D eigenvalue weighted by Gasteiger charge is -2.02. The molecule has 0 radical (unpaired) electrons. The number of methoxy groups -OCH3 is 1. The third-order valence-corrected chi connectivity index (χ3v) is 4.49. The molecular weight excluding hydrogens is 408 g/mol. The molecule has 0 spiro atoms. The molecule has 6 heteroatoms. The molecule has 3 rings (SSSR count). The molecule has 0 saturated carbocycles. The average molecular weight is 425 g/mol. The number of hydrogen-bond acceptors (Lipinski definition) is 4. The fraction of sp³-hybridized carbons (Fsp3) is 0.0952. The van der Waals surface area contributed by atoms with Crippen molar-refractivity contribution in [3.8, 4) is 16.9 Å². The van der Waals surface area contributed by atoms with E-state index in [0.29, 0.717) is 11.3 Å². The summed E-state index contributed by atoms with van der Waals surface area (Å²) in [6.07, 6.45) is 3.32. The van der Waals surface area contributed by atoms with Crippen LogP contribution in [-0.2, 0) is 14.3 Å². The Morgan fingerprint density at radius 2 is 1.74 bits per heavy atom. The second-order valence-electron chi connectivity index (χ2n) is 5.83. The Kier molecular flexibility index (Phi) is 5.66. The van der Waals surface area contributed by atoms with E-state index >= 15 is 0 Å². The Hall–Kier alpha value is -2.99. The summed E-state index contributed by atoms with van der Waals surface area (Å²) in [4.78, 5) is 23.9. The Morgan fingerprint density at radius 3 is 2.33 bits per heavy atom. The summed E-state index contributed by atoms with van der Waals surface area (Å²) in [5.74, 6) is -1.03. The molecule has 0 bridgehead atoms. The van der Waals surface area contributed by atoms with Gasteiger partial charge < -0.3 is 4.74 Å². The van der Waals surface area contributed by atoms with Gasteiger partial charge in [-0.3, -0.25) is 4.79 Å². The van der Waals surface area contributed by atoms with Gasteiger partial charge in [0.25, 0.3) is 0 Å². The molecule has 3 aromatic rings. The largest absolute Gasteiger partial charge is 0.465 e. The van der Waals surface area contributed by atoms with Crippen LogP contribution in [0.4, 0.5) is 0 Å². The van der Waals surface area contributed by atoms with Crippen LogP contribution in [0.5, 0.6) is 0 Å². The maximum atomic E-state index is 12.0. The number of hydrogen-bond donors (Lipinski definition) is 0. The number of halogens is 1. The van der Waals surface area contributed by atoms with Crippen LogP contribution >= 0.6 is 15.9 Å². The number of carbonyl (C=O) groups excluding carboxylic acids is 2. The number of aromatic nitrogens is 2. The zero-order chi connectivity index (χ0) is 19.4. The second-order valence-corrected chi connectivity index (χ2v) is 6.74. The number of ether oxygens (including phenoxy) is 1. The van der Waals surface area contributed by atoms with Gasteiger partial charge in [0.15, 0.2) is 5.78 Å². The first-order valence-corrected chi connectivity index (χ1v) is 9.01. The highest BCUT2D eigenvalue weighted by Crippen LogP contribution is 2.27. The highest BCUT2D eigenvalue weighted by Gasteiger charge is 2.18. The van der Waals surface area contributed by atoms with Crippen LogP contribution in [0.15, 0.2) is 70.8 Å². The molecule has 0 unspecified atom stereocenters. The minimum absolute atomic E-state index is 0.0246. The number of esters is 1. The minimum Gasteiger partial charge on any atom is -0.465 e. The summed E-state index contributed by atoms with van der Waals surface area (Å²) < 4.78 is 7.41. The summed E-state index contributed by atoms with van der Waals surface area (Å²) in [5, 5.41) is 4.67. The van der Waals surface area contributed by atoms with Crippen LogP contribution in [-0.4, -0.2) is 28.6 Å². The number of Topliss-reactive ketones (excluding diaryl/α,β-unsaturated/α-hetero) is 1. The standard InChI is InChI=1S/C21H17BrN2O3/c1-14(25)19(21(26)27-2)12-16-13-24(18-6-4-3-5-7-18)23-20(16)15-8-10-17(22)11-9-15/h3-13H,1-2H3. The first-order chi connectivity index (χ1) is 13.0. The molecule has 2 aromatic carbocycles. The average Bonchev–Trinajstić information content (AvgIpc) is 3.10. The summed E-state index contributed by atoms with van der Waals surface area (Å²) in [6, 6.07) is 17.3. The topological polar surface area (TPSA) is 61.2 Å². The maximum absolute atomic E-state index is 12.0. The second kappa shape index (κ2) is 8.14. The van der Waals surface area contributed by atoms with Crippen molar-refractivity contribution in [3.63, 3.8) is 0 Å². The normalized spacial score (nSPS) is 11.3. The van der Waals surface area contributed by atoms with Crippen LogP contribution in [0.3, 0.4) is 0 Å². The molecule has 5 nitrogen and oxygen atoms in total. The van der Waals surface area contributed by atoms with Gasteiger partial charge in [-0.15, -0.1) is 0 Å². The molecule has 0 N–H and O–H groups in total. The number of nitrogens with zero attached hydrogens (tertiary/aromatic N) is 2.